The van der Waals surface area contributed by atoms with Crippen LogP contribution < -0.4 is 11.2 Å². The van der Waals surface area contributed by atoms with Crippen molar-refractivity contribution in [1.29, 1.82) is 0 Å². The van der Waals surface area contributed by atoms with Gasteiger partial charge in [0.1, 0.15) is 0 Å². The number of rotatable bonds is 5. The Bertz CT molecular complexity index is 1080. The lowest BCUT2D eigenvalue weighted by Gasteiger charge is -2.14. The van der Waals surface area contributed by atoms with Gasteiger partial charge in [0.2, 0.25) is 0 Å². The number of esters is 1. The van der Waals surface area contributed by atoms with E-state index in [9.17, 15) is 14.4 Å². The summed E-state index contributed by atoms with van der Waals surface area (Å²) >= 11 is 1.46. The number of thiophene rings is 1. The third kappa shape index (κ3) is 2.96. The van der Waals surface area contributed by atoms with Crippen LogP contribution in [0.1, 0.15) is 30.1 Å². The number of unbranched alkanes of at least 4 members (excludes halogenated alkanes) is 1. The standard InChI is InChI=1S/C18H19N3O4S/c1-4-5-8-21-15-14(16(22)20(2)18(21)24)11(17(23)25-3)10-12(19-15)13-7-6-9-26-13/h6-7,9-10H,4-5,8H2,1-3H3. The normalized spacial score (nSPS) is 11.0. The van der Waals surface area contributed by atoms with Crippen molar-refractivity contribution < 1.29 is 9.53 Å². The Balaban J connectivity index is 2.47. The second kappa shape index (κ2) is 7.25. The summed E-state index contributed by atoms with van der Waals surface area (Å²) in [6.45, 7) is 2.43. The Labute approximate surface area is 153 Å². The van der Waals surface area contributed by atoms with E-state index >= 15 is 0 Å². The van der Waals surface area contributed by atoms with Crippen molar-refractivity contribution in [2.24, 2.45) is 7.05 Å². The lowest BCUT2D eigenvalue weighted by atomic mass is 10.1. The second-order valence-corrected chi connectivity index (χ2v) is 6.82. The van der Waals surface area contributed by atoms with Crippen LogP contribution in [0.2, 0.25) is 0 Å². The highest BCUT2D eigenvalue weighted by atomic mass is 32.1. The Morgan fingerprint density at radius 2 is 2.12 bits per heavy atom. The van der Waals surface area contributed by atoms with Gasteiger partial charge in [-0.25, -0.2) is 14.6 Å². The molecule has 3 aromatic heterocycles. The number of pyridine rings is 1. The van der Waals surface area contributed by atoms with E-state index in [0.717, 1.165) is 22.3 Å². The van der Waals surface area contributed by atoms with Gasteiger partial charge in [-0.3, -0.25) is 13.9 Å². The maximum absolute atomic E-state index is 12.7. The number of carbonyl (C=O) groups is 1. The van der Waals surface area contributed by atoms with Crippen molar-refractivity contribution in [2.45, 2.75) is 26.3 Å². The van der Waals surface area contributed by atoms with Gasteiger partial charge in [0, 0.05) is 13.6 Å². The molecule has 0 amide bonds. The summed E-state index contributed by atoms with van der Waals surface area (Å²) in [4.78, 5) is 43.1. The number of nitrogens with zero attached hydrogens (tertiary/aromatic N) is 3. The smallest absolute Gasteiger partial charge is 0.338 e. The molecule has 3 heterocycles. The van der Waals surface area contributed by atoms with Gasteiger partial charge in [-0.1, -0.05) is 19.4 Å². The molecule has 0 aliphatic carbocycles. The lowest BCUT2D eigenvalue weighted by Crippen LogP contribution is -2.39. The topological polar surface area (TPSA) is 83.2 Å². The quantitative estimate of drug-likeness (QED) is 0.642. The highest BCUT2D eigenvalue weighted by molar-refractivity contribution is 7.13. The summed E-state index contributed by atoms with van der Waals surface area (Å²) in [7, 11) is 2.66. The summed E-state index contributed by atoms with van der Waals surface area (Å²) in [5.74, 6) is -0.631. The SMILES string of the molecule is CCCCn1c(=O)n(C)c(=O)c2c(C(=O)OC)cc(-c3cccs3)nc21. The highest BCUT2D eigenvalue weighted by Gasteiger charge is 2.22. The zero-order chi connectivity index (χ0) is 18.8. The van der Waals surface area contributed by atoms with E-state index in [-0.39, 0.29) is 16.6 Å². The molecule has 7 nitrogen and oxygen atoms in total. The van der Waals surface area contributed by atoms with Crippen LogP contribution in [0.25, 0.3) is 21.6 Å². The molecule has 0 fully saturated rings. The predicted octanol–water partition coefficient (Wildman–Crippen LogP) is 2.41. The third-order valence-electron chi connectivity index (χ3n) is 4.21. The first-order chi connectivity index (χ1) is 12.5. The average Bonchev–Trinajstić information content (AvgIpc) is 3.19. The van der Waals surface area contributed by atoms with Crippen LogP contribution in [-0.2, 0) is 18.3 Å². The van der Waals surface area contributed by atoms with E-state index in [1.807, 2.05) is 24.4 Å². The van der Waals surface area contributed by atoms with Gasteiger partial charge in [-0.15, -0.1) is 11.3 Å². The number of aryl methyl sites for hydroxylation is 1. The average molecular weight is 373 g/mol. The Hall–Kier alpha value is -2.74. The number of fused-ring (bicyclic) bond motifs is 1. The van der Waals surface area contributed by atoms with E-state index in [4.69, 9.17) is 4.74 Å². The van der Waals surface area contributed by atoms with Crippen LogP contribution in [0.3, 0.4) is 0 Å². The molecule has 136 valence electrons. The molecule has 0 aliphatic heterocycles. The molecular weight excluding hydrogens is 354 g/mol. The van der Waals surface area contributed by atoms with Crippen LogP contribution in [0.15, 0.2) is 33.2 Å². The molecule has 0 aromatic carbocycles. The van der Waals surface area contributed by atoms with E-state index in [0.29, 0.717) is 12.2 Å². The van der Waals surface area contributed by atoms with Gasteiger partial charge in [0.05, 0.1) is 28.6 Å². The number of hydrogen-bond donors (Lipinski definition) is 0. The number of ether oxygens (including phenoxy) is 1. The van der Waals surface area contributed by atoms with Gasteiger partial charge >= 0.3 is 11.7 Å². The molecule has 0 aliphatic rings. The van der Waals surface area contributed by atoms with E-state index in [2.05, 4.69) is 4.98 Å². The lowest BCUT2D eigenvalue weighted by molar-refractivity contribution is 0.0603. The molecule has 26 heavy (non-hydrogen) atoms. The molecule has 0 N–H and O–H groups in total. The van der Waals surface area contributed by atoms with Crippen LogP contribution >= 0.6 is 11.3 Å². The van der Waals surface area contributed by atoms with Gasteiger partial charge in [0.25, 0.3) is 5.56 Å². The molecule has 3 aromatic rings. The first kappa shape index (κ1) is 18.1. The summed E-state index contributed by atoms with van der Waals surface area (Å²) in [6, 6.07) is 5.29. The van der Waals surface area contributed by atoms with Gasteiger partial charge in [-0.05, 0) is 23.9 Å². The number of carbonyl (C=O) groups excluding carboxylic acids is 1. The van der Waals surface area contributed by atoms with Crippen molar-refractivity contribution in [3.63, 3.8) is 0 Å². The summed E-state index contributed by atoms with van der Waals surface area (Å²) in [5, 5.41) is 2.00. The molecule has 8 heteroatoms. The minimum absolute atomic E-state index is 0.107. The first-order valence-electron chi connectivity index (χ1n) is 8.26. The maximum atomic E-state index is 12.7. The maximum Gasteiger partial charge on any atom is 0.338 e. The minimum atomic E-state index is -0.631. The highest BCUT2D eigenvalue weighted by Crippen LogP contribution is 2.26. The fourth-order valence-corrected chi connectivity index (χ4v) is 3.49. The molecule has 0 spiro atoms. The molecular formula is C18H19N3O4S. The zero-order valence-corrected chi connectivity index (χ0v) is 15.6. The van der Waals surface area contributed by atoms with Crippen molar-refractivity contribution >= 4 is 28.3 Å². The van der Waals surface area contributed by atoms with Crippen LogP contribution in [-0.4, -0.2) is 27.2 Å². The molecule has 3 rings (SSSR count). The number of hydrogen-bond acceptors (Lipinski definition) is 6. The number of aromatic nitrogens is 3. The number of methoxy groups -OCH3 is 1. The zero-order valence-electron chi connectivity index (χ0n) is 14.8. The van der Waals surface area contributed by atoms with Crippen LogP contribution in [0, 0.1) is 0 Å². The van der Waals surface area contributed by atoms with Crippen molar-refractivity contribution in [3.8, 4) is 10.6 Å². The monoisotopic (exact) mass is 373 g/mol. The van der Waals surface area contributed by atoms with Crippen molar-refractivity contribution in [3.05, 3.63) is 50.0 Å². The molecule has 0 saturated heterocycles. The van der Waals surface area contributed by atoms with Crippen molar-refractivity contribution in [1.82, 2.24) is 14.1 Å². The van der Waals surface area contributed by atoms with Gasteiger partial charge in [0.15, 0.2) is 5.65 Å². The van der Waals surface area contributed by atoms with E-state index in [1.54, 1.807) is 6.07 Å². The molecule has 0 atom stereocenters. The van der Waals surface area contributed by atoms with Gasteiger partial charge in [-0.2, -0.15) is 0 Å². The fraction of sp³-hybridized carbons (Fsp3) is 0.333. The molecule has 0 unspecified atom stereocenters. The van der Waals surface area contributed by atoms with Crippen LogP contribution in [0.5, 0.6) is 0 Å². The fourth-order valence-electron chi connectivity index (χ4n) is 2.80. The predicted molar refractivity (Wildman–Crippen MR) is 101 cm³/mol. The minimum Gasteiger partial charge on any atom is -0.465 e. The molecule has 0 radical (unpaired) electrons. The molecule has 0 saturated carbocycles. The Morgan fingerprint density at radius 1 is 1.35 bits per heavy atom. The van der Waals surface area contributed by atoms with Crippen molar-refractivity contribution in [2.75, 3.05) is 7.11 Å². The van der Waals surface area contributed by atoms with E-state index in [1.165, 1.54) is 30.1 Å². The first-order valence-corrected chi connectivity index (χ1v) is 9.14. The summed E-state index contributed by atoms with van der Waals surface area (Å²) in [6.07, 6.45) is 1.64. The molecule has 0 bridgehead atoms. The summed E-state index contributed by atoms with van der Waals surface area (Å²) in [5.41, 5.74) is -0.124. The van der Waals surface area contributed by atoms with Crippen LogP contribution in [0.4, 0.5) is 0 Å². The largest absolute Gasteiger partial charge is 0.465 e. The summed E-state index contributed by atoms with van der Waals surface area (Å²) < 4.78 is 7.34. The Kier molecular flexibility index (Phi) is 5.03. The van der Waals surface area contributed by atoms with E-state index < -0.39 is 17.2 Å². The third-order valence-corrected chi connectivity index (χ3v) is 5.10. The Morgan fingerprint density at radius 3 is 2.73 bits per heavy atom. The second-order valence-electron chi connectivity index (χ2n) is 5.87. The van der Waals surface area contributed by atoms with Gasteiger partial charge < -0.3 is 4.74 Å².